The maximum atomic E-state index is 6.29. The average molecular weight is 347 g/mol. The van der Waals surface area contributed by atoms with Gasteiger partial charge in [0.15, 0.2) is 5.79 Å². The summed E-state index contributed by atoms with van der Waals surface area (Å²) >= 11 is 0. The van der Waals surface area contributed by atoms with Crippen LogP contribution in [0.25, 0.3) is 0 Å². The van der Waals surface area contributed by atoms with Crippen LogP contribution >= 0.6 is 0 Å². The van der Waals surface area contributed by atoms with Crippen LogP contribution in [0.4, 0.5) is 0 Å². The zero-order valence-corrected chi connectivity index (χ0v) is 16.2. The topological polar surface area (TPSA) is 31.0 Å². The van der Waals surface area contributed by atoms with Crippen LogP contribution in [0.1, 0.15) is 72.1 Å². The molecule has 6 fully saturated rings. The van der Waals surface area contributed by atoms with E-state index in [1.165, 1.54) is 44.9 Å². The molecule has 0 N–H and O–H groups in total. The summed E-state index contributed by atoms with van der Waals surface area (Å²) in [5.74, 6) is 2.30. The fraction of sp³-hybridized carbons (Fsp3) is 1.00. The summed E-state index contributed by atoms with van der Waals surface area (Å²) in [5.41, 5.74) is 1.21. The molecule has 2 aliphatic heterocycles. The van der Waals surface area contributed by atoms with Gasteiger partial charge < -0.3 is 14.2 Å². The molecule has 4 saturated carbocycles. The van der Waals surface area contributed by atoms with E-state index in [1.54, 1.807) is 0 Å². The molecule has 0 amide bonds. The first kappa shape index (κ1) is 15.9. The van der Waals surface area contributed by atoms with Crippen molar-refractivity contribution in [2.75, 3.05) is 13.2 Å². The maximum absolute atomic E-state index is 6.29. The molecule has 25 heavy (non-hydrogen) atoms. The van der Waals surface area contributed by atoms with E-state index in [2.05, 4.69) is 20.8 Å². The number of epoxide rings is 1. The third kappa shape index (κ3) is 1.75. The summed E-state index contributed by atoms with van der Waals surface area (Å²) in [7, 11) is 0. The maximum Gasteiger partial charge on any atom is 0.174 e. The Morgan fingerprint density at radius 1 is 0.720 bits per heavy atom. The number of hydrogen-bond acceptors (Lipinski definition) is 3. The number of fused-ring (bicyclic) bond motifs is 7. The average Bonchev–Trinajstić information content (AvgIpc) is 3.02. The quantitative estimate of drug-likeness (QED) is 0.603. The first-order chi connectivity index (χ1) is 11.9. The minimum absolute atomic E-state index is 0.238. The van der Waals surface area contributed by atoms with Gasteiger partial charge in [0.05, 0.1) is 25.4 Å². The monoisotopic (exact) mass is 346 g/mol. The summed E-state index contributed by atoms with van der Waals surface area (Å²) < 4.78 is 18.6. The highest BCUT2D eigenvalue weighted by Gasteiger charge is 2.70. The number of rotatable bonds is 0. The Bertz CT molecular complexity index is 598. The lowest BCUT2D eigenvalue weighted by atomic mass is 9.40. The predicted molar refractivity (Wildman–Crippen MR) is 95.0 cm³/mol. The molecule has 6 aliphatic rings. The minimum atomic E-state index is -0.248. The number of hydrogen-bond donors (Lipinski definition) is 0. The fourth-order valence-corrected chi connectivity index (χ4v) is 8.72. The molecule has 8 atom stereocenters. The van der Waals surface area contributed by atoms with Crippen molar-refractivity contribution in [3.8, 4) is 0 Å². The molecule has 6 rings (SSSR count). The van der Waals surface area contributed by atoms with Crippen LogP contribution < -0.4 is 0 Å². The van der Waals surface area contributed by atoms with Crippen molar-refractivity contribution >= 4 is 0 Å². The normalized spacial score (nSPS) is 61.3. The predicted octanol–water partition coefficient (Wildman–Crippen LogP) is 4.54. The first-order valence-corrected chi connectivity index (χ1v) is 10.8. The molecule has 1 spiro atoms. The molecule has 3 heteroatoms. The smallest absolute Gasteiger partial charge is 0.174 e. The molecule has 4 aliphatic carbocycles. The Kier molecular flexibility index (Phi) is 2.95. The highest BCUT2D eigenvalue weighted by molar-refractivity contribution is 5.17. The van der Waals surface area contributed by atoms with E-state index in [4.69, 9.17) is 14.2 Å². The highest BCUT2D eigenvalue weighted by Crippen LogP contribution is 2.73. The Balaban J connectivity index is 1.36. The molecule has 140 valence electrons. The van der Waals surface area contributed by atoms with E-state index in [0.717, 1.165) is 37.4 Å². The molecule has 0 aromatic carbocycles. The van der Waals surface area contributed by atoms with E-state index in [1.807, 2.05) is 0 Å². The van der Waals surface area contributed by atoms with Gasteiger partial charge >= 0.3 is 0 Å². The van der Waals surface area contributed by atoms with Gasteiger partial charge in [-0.2, -0.15) is 0 Å². The first-order valence-electron chi connectivity index (χ1n) is 10.8. The van der Waals surface area contributed by atoms with Crippen molar-refractivity contribution in [1.82, 2.24) is 0 Å². The van der Waals surface area contributed by atoms with Crippen LogP contribution in [-0.4, -0.2) is 31.2 Å². The molecule has 2 saturated heterocycles. The Morgan fingerprint density at radius 2 is 1.40 bits per heavy atom. The molecule has 0 radical (unpaired) electrons. The van der Waals surface area contributed by atoms with E-state index >= 15 is 0 Å². The molecule has 8 unspecified atom stereocenters. The van der Waals surface area contributed by atoms with Crippen molar-refractivity contribution in [3.63, 3.8) is 0 Å². The lowest BCUT2D eigenvalue weighted by molar-refractivity contribution is -0.250. The molecule has 0 aromatic rings. The fourth-order valence-electron chi connectivity index (χ4n) is 8.72. The number of ether oxygens (including phenoxy) is 3. The second kappa shape index (κ2) is 4.64. The van der Waals surface area contributed by atoms with Crippen LogP contribution in [0.3, 0.4) is 0 Å². The van der Waals surface area contributed by atoms with Crippen LogP contribution in [0.15, 0.2) is 0 Å². The SMILES string of the molecule is CC12CCC3C(CCC4(C)C3CCC43OCCO3)C1(C)CC1OC1C2. The largest absolute Gasteiger partial charge is 0.370 e. The van der Waals surface area contributed by atoms with Gasteiger partial charge in [-0.05, 0) is 73.5 Å². The zero-order valence-electron chi connectivity index (χ0n) is 16.2. The van der Waals surface area contributed by atoms with E-state index in [0.29, 0.717) is 23.0 Å². The van der Waals surface area contributed by atoms with Gasteiger partial charge in [-0.25, -0.2) is 0 Å². The molecule has 0 bridgehead atoms. The second-order valence-corrected chi connectivity index (χ2v) is 11.0. The summed E-state index contributed by atoms with van der Waals surface area (Å²) in [4.78, 5) is 0. The van der Waals surface area contributed by atoms with Gasteiger partial charge in [0, 0.05) is 11.8 Å². The summed E-state index contributed by atoms with van der Waals surface area (Å²) in [6.45, 7) is 9.33. The Hall–Kier alpha value is -0.120. The molecule has 3 nitrogen and oxygen atoms in total. The summed E-state index contributed by atoms with van der Waals surface area (Å²) in [5, 5.41) is 0. The Labute approximate surface area is 152 Å². The molecular formula is C22H34O3. The third-order valence-corrected chi connectivity index (χ3v) is 10.4. The van der Waals surface area contributed by atoms with E-state index < -0.39 is 0 Å². The van der Waals surface area contributed by atoms with Gasteiger partial charge in [-0.15, -0.1) is 0 Å². The van der Waals surface area contributed by atoms with Gasteiger partial charge in [-0.3, -0.25) is 0 Å². The van der Waals surface area contributed by atoms with Gasteiger partial charge in [-0.1, -0.05) is 20.8 Å². The Morgan fingerprint density at radius 3 is 2.20 bits per heavy atom. The van der Waals surface area contributed by atoms with Crippen LogP contribution in [0.5, 0.6) is 0 Å². The zero-order chi connectivity index (χ0) is 17.1. The van der Waals surface area contributed by atoms with E-state index in [9.17, 15) is 0 Å². The van der Waals surface area contributed by atoms with Crippen molar-refractivity contribution in [2.24, 2.45) is 34.0 Å². The summed E-state index contributed by atoms with van der Waals surface area (Å²) in [6, 6.07) is 0. The van der Waals surface area contributed by atoms with Crippen molar-refractivity contribution in [1.29, 1.82) is 0 Å². The third-order valence-electron chi connectivity index (χ3n) is 10.4. The highest BCUT2D eigenvalue weighted by atomic mass is 16.7. The standard InChI is InChI=1S/C22H34O3/c1-19-7-4-14-15-6-9-22(23-10-11-24-22)20(15,2)8-5-16(14)21(19,3)13-18-17(12-19)25-18/h14-18H,4-13H2,1-3H3. The van der Waals surface area contributed by atoms with Crippen molar-refractivity contribution < 1.29 is 14.2 Å². The van der Waals surface area contributed by atoms with Crippen molar-refractivity contribution in [2.45, 2.75) is 90.1 Å². The minimum Gasteiger partial charge on any atom is -0.370 e. The van der Waals surface area contributed by atoms with Crippen LogP contribution in [0.2, 0.25) is 0 Å². The lowest BCUT2D eigenvalue weighted by Crippen LogP contribution is -2.59. The lowest BCUT2D eigenvalue weighted by Gasteiger charge is -2.64. The molecule has 2 heterocycles. The van der Waals surface area contributed by atoms with Gasteiger partial charge in [0.2, 0.25) is 0 Å². The van der Waals surface area contributed by atoms with Gasteiger partial charge in [0.25, 0.3) is 0 Å². The van der Waals surface area contributed by atoms with Crippen LogP contribution in [-0.2, 0) is 14.2 Å². The molecule has 0 aromatic heterocycles. The van der Waals surface area contributed by atoms with Crippen molar-refractivity contribution in [3.05, 3.63) is 0 Å². The van der Waals surface area contributed by atoms with Gasteiger partial charge in [0.1, 0.15) is 0 Å². The van der Waals surface area contributed by atoms with E-state index in [-0.39, 0.29) is 11.2 Å². The molecular weight excluding hydrogens is 312 g/mol. The second-order valence-electron chi connectivity index (χ2n) is 11.0. The summed E-state index contributed by atoms with van der Waals surface area (Å²) in [6.07, 6.45) is 11.7. The van der Waals surface area contributed by atoms with Crippen LogP contribution in [0, 0.1) is 34.0 Å².